The molecule has 0 amide bonds. The summed E-state index contributed by atoms with van der Waals surface area (Å²) >= 11 is 1.90. The zero-order valence-electron chi connectivity index (χ0n) is 11.9. The van der Waals surface area contributed by atoms with E-state index in [1.165, 1.54) is 5.56 Å². The fourth-order valence-corrected chi connectivity index (χ4v) is 2.30. The third-order valence-corrected chi connectivity index (χ3v) is 4.43. The van der Waals surface area contributed by atoms with Crippen LogP contribution < -0.4 is 14.8 Å². The van der Waals surface area contributed by atoms with Gasteiger partial charge in [0.1, 0.15) is 0 Å². The Balaban J connectivity index is 1.75. The summed E-state index contributed by atoms with van der Waals surface area (Å²) in [5.41, 5.74) is 1.32. The van der Waals surface area contributed by atoms with Gasteiger partial charge in [-0.2, -0.15) is 11.8 Å². The van der Waals surface area contributed by atoms with E-state index in [2.05, 4.69) is 37.6 Å². The highest BCUT2D eigenvalue weighted by Gasteiger charge is 2.13. The van der Waals surface area contributed by atoms with Crippen LogP contribution in [0.3, 0.4) is 0 Å². The number of hydrogen-bond acceptors (Lipinski definition) is 4. The first kappa shape index (κ1) is 14.5. The minimum Gasteiger partial charge on any atom is -0.454 e. The summed E-state index contributed by atoms with van der Waals surface area (Å²) in [6.07, 6.45) is 4.36. The molecule has 1 aliphatic rings. The molecule has 1 N–H and O–H groups in total. The molecule has 106 valence electrons. The van der Waals surface area contributed by atoms with Crippen LogP contribution in [0.25, 0.3) is 0 Å². The lowest BCUT2D eigenvalue weighted by Crippen LogP contribution is -2.31. The number of hydrogen-bond donors (Lipinski definition) is 1. The maximum absolute atomic E-state index is 5.40. The topological polar surface area (TPSA) is 30.5 Å². The predicted octanol–water partition coefficient (Wildman–Crippen LogP) is 3.08. The molecule has 0 bridgehead atoms. The second kappa shape index (κ2) is 7.06. The second-order valence-electron chi connectivity index (χ2n) is 5.08. The number of thioether (sulfide) groups is 1. The molecule has 0 aliphatic carbocycles. The lowest BCUT2D eigenvalue weighted by molar-refractivity contribution is 0.174. The van der Waals surface area contributed by atoms with Crippen LogP contribution in [0.1, 0.15) is 25.8 Å². The van der Waals surface area contributed by atoms with E-state index in [-0.39, 0.29) is 0 Å². The first-order valence-electron chi connectivity index (χ1n) is 6.83. The average Bonchev–Trinajstić information content (AvgIpc) is 2.89. The Morgan fingerprint density at radius 3 is 2.84 bits per heavy atom. The zero-order chi connectivity index (χ0) is 13.7. The lowest BCUT2D eigenvalue weighted by atomic mass is 10.1. The fraction of sp³-hybridized carbons (Fsp3) is 0.600. The largest absolute Gasteiger partial charge is 0.454 e. The molecule has 1 aliphatic heterocycles. The smallest absolute Gasteiger partial charge is 0.231 e. The summed E-state index contributed by atoms with van der Waals surface area (Å²) in [6.45, 7) is 5.93. The molecule has 0 saturated heterocycles. The molecule has 1 aromatic rings. The van der Waals surface area contributed by atoms with Gasteiger partial charge in [0, 0.05) is 17.8 Å². The van der Waals surface area contributed by atoms with E-state index in [0.717, 1.165) is 30.9 Å². The highest BCUT2D eigenvalue weighted by Crippen LogP contribution is 2.32. The molecule has 0 spiro atoms. The number of benzene rings is 1. The zero-order valence-corrected chi connectivity index (χ0v) is 12.8. The van der Waals surface area contributed by atoms with Crippen molar-refractivity contribution in [2.45, 2.75) is 38.0 Å². The monoisotopic (exact) mass is 281 g/mol. The van der Waals surface area contributed by atoms with Gasteiger partial charge >= 0.3 is 0 Å². The number of ether oxygens (including phenoxy) is 2. The van der Waals surface area contributed by atoms with Crippen molar-refractivity contribution < 1.29 is 9.47 Å². The van der Waals surface area contributed by atoms with Crippen molar-refractivity contribution in [1.29, 1.82) is 0 Å². The molecule has 0 radical (unpaired) electrons. The van der Waals surface area contributed by atoms with Gasteiger partial charge in [-0.15, -0.1) is 0 Å². The van der Waals surface area contributed by atoms with Crippen molar-refractivity contribution in [2.24, 2.45) is 0 Å². The molecule has 19 heavy (non-hydrogen) atoms. The van der Waals surface area contributed by atoms with Crippen LogP contribution in [-0.2, 0) is 6.42 Å². The van der Waals surface area contributed by atoms with E-state index in [1.54, 1.807) is 0 Å². The highest BCUT2D eigenvalue weighted by atomic mass is 32.2. The molecular formula is C15H23NO2S. The maximum Gasteiger partial charge on any atom is 0.231 e. The molecule has 2 atom stereocenters. The molecule has 1 heterocycles. The van der Waals surface area contributed by atoms with Gasteiger partial charge in [-0.1, -0.05) is 13.0 Å². The lowest BCUT2D eigenvalue weighted by Gasteiger charge is -2.16. The van der Waals surface area contributed by atoms with Crippen LogP contribution in [-0.4, -0.2) is 30.9 Å². The third-order valence-electron chi connectivity index (χ3n) is 3.46. The van der Waals surface area contributed by atoms with E-state index in [9.17, 15) is 0 Å². The third kappa shape index (κ3) is 4.32. The van der Waals surface area contributed by atoms with Gasteiger partial charge in [0.25, 0.3) is 0 Å². The summed E-state index contributed by atoms with van der Waals surface area (Å²) in [5, 5.41) is 4.25. The number of rotatable bonds is 7. The summed E-state index contributed by atoms with van der Waals surface area (Å²) in [5.74, 6) is 1.75. The first-order valence-corrected chi connectivity index (χ1v) is 8.12. The van der Waals surface area contributed by atoms with Crippen LogP contribution in [0.5, 0.6) is 11.5 Å². The van der Waals surface area contributed by atoms with Crippen LogP contribution in [0.2, 0.25) is 0 Å². The van der Waals surface area contributed by atoms with Crippen molar-refractivity contribution >= 4 is 11.8 Å². The van der Waals surface area contributed by atoms with Crippen LogP contribution >= 0.6 is 11.8 Å². The predicted molar refractivity (Wildman–Crippen MR) is 81.3 cm³/mol. The Labute approximate surface area is 120 Å². The molecule has 0 fully saturated rings. The summed E-state index contributed by atoms with van der Waals surface area (Å²) in [7, 11) is 0. The van der Waals surface area contributed by atoms with Crippen molar-refractivity contribution in [3.63, 3.8) is 0 Å². The standard InChI is InChI=1S/C15H23NO2S/c1-11(16-9-12(2)19-3)4-5-13-6-7-14-15(8-13)18-10-17-14/h6-8,11-12,16H,4-5,9-10H2,1-3H3. The Kier molecular flexibility index (Phi) is 5.40. The fourth-order valence-electron chi connectivity index (χ4n) is 2.03. The van der Waals surface area contributed by atoms with Crippen molar-refractivity contribution in [3.8, 4) is 11.5 Å². The van der Waals surface area contributed by atoms with Gasteiger partial charge in [-0.3, -0.25) is 0 Å². The molecule has 2 unspecified atom stereocenters. The molecule has 4 heteroatoms. The Bertz CT molecular complexity index is 411. The van der Waals surface area contributed by atoms with Crippen molar-refractivity contribution in [1.82, 2.24) is 5.32 Å². The molecule has 3 nitrogen and oxygen atoms in total. The van der Waals surface area contributed by atoms with E-state index >= 15 is 0 Å². The van der Waals surface area contributed by atoms with Gasteiger partial charge in [0.15, 0.2) is 11.5 Å². The SMILES string of the molecule is CSC(C)CNC(C)CCc1ccc2c(c1)OCO2. The molecule has 2 rings (SSSR count). The maximum atomic E-state index is 5.40. The number of aryl methyl sites for hydroxylation is 1. The summed E-state index contributed by atoms with van der Waals surface area (Å²) in [4.78, 5) is 0. The van der Waals surface area contributed by atoms with E-state index in [4.69, 9.17) is 9.47 Å². The van der Waals surface area contributed by atoms with Gasteiger partial charge in [-0.25, -0.2) is 0 Å². The van der Waals surface area contributed by atoms with Gasteiger partial charge in [-0.05, 0) is 43.7 Å². The van der Waals surface area contributed by atoms with Crippen LogP contribution in [0.4, 0.5) is 0 Å². The Hall–Kier alpha value is -0.870. The Morgan fingerprint density at radius 1 is 1.26 bits per heavy atom. The van der Waals surface area contributed by atoms with Gasteiger partial charge in [0.2, 0.25) is 6.79 Å². The minimum atomic E-state index is 0.351. The van der Waals surface area contributed by atoms with Crippen LogP contribution in [0, 0.1) is 0 Å². The minimum absolute atomic E-state index is 0.351. The normalized spacial score (nSPS) is 16.4. The highest BCUT2D eigenvalue weighted by molar-refractivity contribution is 7.99. The van der Waals surface area contributed by atoms with Gasteiger partial charge < -0.3 is 14.8 Å². The van der Waals surface area contributed by atoms with Gasteiger partial charge in [0.05, 0.1) is 0 Å². The van der Waals surface area contributed by atoms with E-state index < -0.39 is 0 Å². The summed E-state index contributed by atoms with van der Waals surface area (Å²) in [6, 6.07) is 6.77. The van der Waals surface area contributed by atoms with E-state index in [1.807, 2.05) is 17.8 Å². The Morgan fingerprint density at radius 2 is 2.05 bits per heavy atom. The quantitative estimate of drug-likeness (QED) is 0.832. The average molecular weight is 281 g/mol. The molecule has 0 saturated carbocycles. The van der Waals surface area contributed by atoms with Crippen LogP contribution in [0.15, 0.2) is 18.2 Å². The first-order chi connectivity index (χ1) is 9.19. The number of fused-ring (bicyclic) bond motifs is 1. The summed E-state index contributed by atoms with van der Waals surface area (Å²) < 4.78 is 10.7. The van der Waals surface area contributed by atoms with Crippen molar-refractivity contribution in [2.75, 3.05) is 19.6 Å². The molecule has 0 aromatic heterocycles. The molecular weight excluding hydrogens is 258 g/mol. The van der Waals surface area contributed by atoms with E-state index in [0.29, 0.717) is 18.1 Å². The molecule has 1 aromatic carbocycles. The second-order valence-corrected chi connectivity index (χ2v) is 6.36. The number of nitrogens with one attached hydrogen (secondary N) is 1. The van der Waals surface area contributed by atoms with Crippen molar-refractivity contribution in [3.05, 3.63) is 23.8 Å².